The topological polar surface area (TPSA) is 81.7 Å². The van der Waals surface area contributed by atoms with E-state index in [1.807, 2.05) is 44.2 Å². The summed E-state index contributed by atoms with van der Waals surface area (Å²) in [5, 5.41) is 16.6. The SMILES string of the molecule is CCCN(CCC)C(=O)CCCC(=O)N[C@@H](Cc1cc(F)cc(C(F)(F)F)c1)[C@H](O)CNCc1ccccc1. The van der Waals surface area contributed by atoms with Crippen molar-refractivity contribution in [1.29, 1.82) is 0 Å². The highest BCUT2D eigenvalue weighted by molar-refractivity contribution is 5.79. The molecule has 2 aromatic carbocycles. The van der Waals surface area contributed by atoms with Crippen LogP contribution in [0.1, 0.15) is 62.6 Å². The summed E-state index contributed by atoms with van der Waals surface area (Å²) in [6.07, 6.45) is -3.95. The van der Waals surface area contributed by atoms with E-state index in [1.54, 1.807) is 4.90 Å². The first-order chi connectivity index (χ1) is 18.5. The lowest BCUT2D eigenvalue weighted by Crippen LogP contribution is -2.48. The predicted octanol–water partition coefficient (Wildman–Crippen LogP) is 4.84. The maximum atomic E-state index is 14.0. The van der Waals surface area contributed by atoms with Gasteiger partial charge in [-0.25, -0.2) is 4.39 Å². The third-order valence-corrected chi connectivity index (χ3v) is 6.21. The molecule has 2 amide bonds. The second kappa shape index (κ2) is 16.2. The van der Waals surface area contributed by atoms with Crippen molar-refractivity contribution in [3.05, 3.63) is 71.0 Å². The Labute approximate surface area is 227 Å². The second-order valence-electron chi connectivity index (χ2n) is 9.64. The van der Waals surface area contributed by atoms with Crippen LogP contribution < -0.4 is 10.6 Å². The third-order valence-electron chi connectivity index (χ3n) is 6.21. The molecule has 10 heteroatoms. The molecule has 2 atom stereocenters. The highest BCUT2D eigenvalue weighted by atomic mass is 19.4. The summed E-state index contributed by atoms with van der Waals surface area (Å²) in [6, 6.07) is 10.6. The van der Waals surface area contributed by atoms with E-state index in [0.29, 0.717) is 32.1 Å². The first-order valence-electron chi connectivity index (χ1n) is 13.4. The molecule has 0 aliphatic heterocycles. The molecule has 0 aromatic heterocycles. The van der Waals surface area contributed by atoms with Gasteiger partial charge in [-0.2, -0.15) is 13.2 Å². The normalized spacial score (nSPS) is 13.1. The van der Waals surface area contributed by atoms with Crippen molar-refractivity contribution >= 4 is 11.8 Å². The summed E-state index contributed by atoms with van der Waals surface area (Å²) < 4.78 is 53.6. The Kier molecular flexibility index (Phi) is 13.4. The van der Waals surface area contributed by atoms with Crippen LogP contribution in [0.15, 0.2) is 48.5 Å². The van der Waals surface area contributed by atoms with Gasteiger partial charge in [0.2, 0.25) is 11.8 Å². The van der Waals surface area contributed by atoms with E-state index in [1.165, 1.54) is 0 Å². The lowest BCUT2D eigenvalue weighted by atomic mass is 9.98. The van der Waals surface area contributed by atoms with Gasteiger partial charge in [-0.05, 0) is 55.0 Å². The number of hydrogen-bond acceptors (Lipinski definition) is 4. The summed E-state index contributed by atoms with van der Waals surface area (Å²) in [7, 11) is 0. The van der Waals surface area contributed by atoms with E-state index in [2.05, 4.69) is 10.6 Å². The first kappa shape index (κ1) is 32.2. The molecule has 0 bridgehead atoms. The highest BCUT2D eigenvalue weighted by Gasteiger charge is 2.32. The Morgan fingerprint density at radius 1 is 0.974 bits per heavy atom. The van der Waals surface area contributed by atoms with Gasteiger partial charge < -0.3 is 20.6 Å². The van der Waals surface area contributed by atoms with Gasteiger partial charge in [0.1, 0.15) is 5.82 Å². The maximum absolute atomic E-state index is 14.0. The quantitative estimate of drug-likeness (QED) is 0.260. The van der Waals surface area contributed by atoms with Crippen LogP contribution in [0.3, 0.4) is 0 Å². The van der Waals surface area contributed by atoms with Crippen molar-refractivity contribution < 1.29 is 32.3 Å². The lowest BCUT2D eigenvalue weighted by molar-refractivity contribution is -0.138. The van der Waals surface area contributed by atoms with Crippen molar-refractivity contribution in [3.63, 3.8) is 0 Å². The van der Waals surface area contributed by atoms with Gasteiger partial charge in [0.05, 0.1) is 17.7 Å². The van der Waals surface area contributed by atoms with Crippen LogP contribution in [-0.4, -0.2) is 53.6 Å². The number of halogens is 4. The van der Waals surface area contributed by atoms with Crippen LogP contribution in [0.4, 0.5) is 17.6 Å². The minimum absolute atomic E-state index is 0.000291. The highest BCUT2D eigenvalue weighted by Crippen LogP contribution is 2.30. The molecule has 2 aromatic rings. The summed E-state index contributed by atoms with van der Waals surface area (Å²) in [6.45, 7) is 5.75. The van der Waals surface area contributed by atoms with Gasteiger partial charge >= 0.3 is 6.18 Å². The van der Waals surface area contributed by atoms with E-state index in [4.69, 9.17) is 0 Å². The van der Waals surface area contributed by atoms with E-state index < -0.39 is 35.6 Å². The number of amides is 2. The zero-order chi connectivity index (χ0) is 28.8. The van der Waals surface area contributed by atoms with Crippen LogP contribution in [0.2, 0.25) is 0 Å². The van der Waals surface area contributed by atoms with Crippen LogP contribution in [0.5, 0.6) is 0 Å². The number of rotatable bonds is 16. The maximum Gasteiger partial charge on any atom is 0.416 e. The van der Waals surface area contributed by atoms with Crippen LogP contribution in [0, 0.1) is 5.82 Å². The van der Waals surface area contributed by atoms with E-state index in [9.17, 15) is 32.3 Å². The molecule has 0 aliphatic carbocycles. The number of aliphatic hydroxyl groups excluding tert-OH is 1. The van der Waals surface area contributed by atoms with Crippen molar-refractivity contribution in [3.8, 4) is 0 Å². The summed E-state index contributed by atoms with van der Waals surface area (Å²) >= 11 is 0. The fourth-order valence-electron chi connectivity index (χ4n) is 4.31. The van der Waals surface area contributed by atoms with Gasteiger partial charge in [-0.3, -0.25) is 9.59 Å². The molecule has 0 saturated heterocycles. The average Bonchev–Trinajstić information content (AvgIpc) is 2.88. The number of nitrogens with zero attached hydrogens (tertiary/aromatic N) is 1. The smallest absolute Gasteiger partial charge is 0.390 e. The van der Waals surface area contributed by atoms with Crippen molar-refractivity contribution in [2.75, 3.05) is 19.6 Å². The first-order valence-corrected chi connectivity index (χ1v) is 13.4. The standard InChI is InChI=1S/C29H39F4N3O3/c1-3-13-36(14-4-2)28(39)12-8-11-27(38)35-25(26(37)20-34-19-21-9-6-5-7-10-21)17-22-15-23(29(31,32)33)18-24(30)16-22/h5-7,9-10,15-16,18,25-26,34,37H,3-4,8,11-14,17,19-20H2,1-2H3,(H,35,38)/t25-,26+/m0/s1. The van der Waals surface area contributed by atoms with Gasteiger partial charge in [-0.15, -0.1) is 0 Å². The van der Waals surface area contributed by atoms with E-state index >= 15 is 0 Å². The number of hydrogen-bond donors (Lipinski definition) is 3. The molecular weight excluding hydrogens is 514 g/mol. The molecule has 0 aliphatic rings. The van der Waals surface area contributed by atoms with Gasteiger partial charge in [0.15, 0.2) is 0 Å². The minimum Gasteiger partial charge on any atom is -0.390 e. The molecule has 3 N–H and O–H groups in total. The Bertz CT molecular complexity index is 1030. The Morgan fingerprint density at radius 3 is 2.26 bits per heavy atom. The fraction of sp³-hybridized carbons (Fsp3) is 0.517. The summed E-state index contributed by atoms with van der Waals surface area (Å²) in [4.78, 5) is 27.0. The predicted molar refractivity (Wildman–Crippen MR) is 142 cm³/mol. The van der Waals surface area contributed by atoms with Gasteiger partial charge in [-0.1, -0.05) is 44.2 Å². The minimum atomic E-state index is -4.73. The zero-order valence-electron chi connectivity index (χ0n) is 22.6. The molecule has 39 heavy (non-hydrogen) atoms. The monoisotopic (exact) mass is 553 g/mol. The summed E-state index contributed by atoms with van der Waals surface area (Å²) in [5.74, 6) is -1.53. The molecule has 0 saturated carbocycles. The number of nitrogens with one attached hydrogen (secondary N) is 2. The lowest BCUT2D eigenvalue weighted by Gasteiger charge is -2.25. The largest absolute Gasteiger partial charge is 0.416 e. The van der Waals surface area contributed by atoms with Crippen molar-refractivity contribution in [2.24, 2.45) is 0 Å². The van der Waals surface area contributed by atoms with Crippen LogP contribution in [-0.2, 0) is 28.7 Å². The number of carbonyl (C=O) groups is 2. The molecule has 0 unspecified atom stereocenters. The summed E-state index contributed by atoms with van der Waals surface area (Å²) in [5.41, 5.74) is -0.170. The Morgan fingerprint density at radius 2 is 1.64 bits per heavy atom. The fourth-order valence-corrected chi connectivity index (χ4v) is 4.31. The van der Waals surface area contributed by atoms with Crippen LogP contribution in [0.25, 0.3) is 0 Å². The molecule has 216 valence electrons. The molecule has 0 radical (unpaired) electrons. The van der Waals surface area contributed by atoms with Gasteiger partial charge in [0, 0.05) is 39.0 Å². The molecule has 0 spiro atoms. The average molecular weight is 554 g/mol. The molecule has 0 fully saturated rings. The number of alkyl halides is 3. The van der Waals surface area contributed by atoms with Gasteiger partial charge in [0.25, 0.3) is 0 Å². The molecule has 0 heterocycles. The number of aliphatic hydroxyl groups is 1. The Balaban J connectivity index is 2.05. The van der Waals surface area contributed by atoms with Crippen molar-refractivity contribution in [1.82, 2.24) is 15.5 Å². The number of carbonyl (C=O) groups excluding carboxylic acids is 2. The Hall–Kier alpha value is -2.98. The molecule has 2 rings (SSSR count). The van der Waals surface area contributed by atoms with Crippen LogP contribution >= 0.6 is 0 Å². The van der Waals surface area contributed by atoms with E-state index in [0.717, 1.165) is 30.5 Å². The molecule has 6 nitrogen and oxygen atoms in total. The van der Waals surface area contributed by atoms with E-state index in [-0.39, 0.29) is 37.3 Å². The molecular formula is C29H39F4N3O3. The van der Waals surface area contributed by atoms with Crippen molar-refractivity contribution in [2.45, 2.75) is 77.2 Å². The number of benzene rings is 2. The third kappa shape index (κ3) is 11.7. The zero-order valence-corrected chi connectivity index (χ0v) is 22.6. The second-order valence-corrected chi connectivity index (χ2v) is 9.64.